The van der Waals surface area contributed by atoms with E-state index in [1.807, 2.05) is 51.2 Å². The van der Waals surface area contributed by atoms with E-state index < -0.39 is 22.0 Å². The fraction of sp³-hybridized carbons (Fsp3) is 0.308. The molecule has 2 atom stereocenters. The lowest BCUT2D eigenvalue weighted by molar-refractivity contribution is -0.140. The number of carbonyl (C=O) groups is 1. The van der Waals surface area contributed by atoms with Crippen LogP contribution in [0.5, 0.6) is 0 Å². The van der Waals surface area contributed by atoms with Crippen molar-refractivity contribution in [3.8, 4) is 11.1 Å². The maximum Gasteiger partial charge on any atom is 0.322 e. The Morgan fingerprint density at radius 3 is 2.47 bits per heavy atom. The summed E-state index contributed by atoms with van der Waals surface area (Å²) in [6, 6.07) is 13.8. The number of nitrogens with zero attached hydrogens (tertiary/aromatic N) is 1. The Hall–Kier alpha value is -2.81. The van der Waals surface area contributed by atoms with E-state index in [4.69, 9.17) is 0 Å². The number of aromatic nitrogens is 1. The zero-order valence-electron chi connectivity index (χ0n) is 19.6. The highest BCUT2D eigenvalue weighted by Crippen LogP contribution is 2.37. The molecule has 0 radical (unpaired) electrons. The minimum atomic E-state index is -4.02. The van der Waals surface area contributed by atoms with E-state index in [-0.39, 0.29) is 16.2 Å². The van der Waals surface area contributed by atoms with Crippen LogP contribution in [0.25, 0.3) is 31.3 Å². The first-order valence-corrected chi connectivity index (χ1v) is 13.4. The molecule has 34 heavy (non-hydrogen) atoms. The molecule has 0 aliphatic carbocycles. The summed E-state index contributed by atoms with van der Waals surface area (Å²) in [6.07, 6.45) is 4.11. The van der Waals surface area contributed by atoms with Gasteiger partial charge in [0.05, 0.1) is 4.90 Å². The van der Waals surface area contributed by atoms with Crippen molar-refractivity contribution in [2.45, 2.75) is 45.1 Å². The fourth-order valence-corrected chi connectivity index (χ4v) is 6.89. The van der Waals surface area contributed by atoms with Crippen LogP contribution in [0, 0.1) is 11.3 Å². The van der Waals surface area contributed by atoms with Crippen molar-refractivity contribution in [2.75, 3.05) is 0 Å². The average molecular weight is 497 g/mol. The molecule has 0 fully saturated rings. The molecule has 2 N–H and O–H groups in total. The van der Waals surface area contributed by atoms with Gasteiger partial charge in [-0.3, -0.25) is 9.78 Å². The van der Waals surface area contributed by atoms with Gasteiger partial charge in [-0.15, -0.1) is 11.3 Å². The Morgan fingerprint density at radius 2 is 1.82 bits per heavy atom. The third-order valence-corrected chi connectivity index (χ3v) is 8.37. The van der Waals surface area contributed by atoms with Crippen LogP contribution < -0.4 is 4.72 Å². The standard InChI is InChI=1S/C26H28N2O4S2/c1-16(14-26(2,3)4)24(25(29)30)28-34(31,32)19-8-9-20-21-12-17(18-6-5-11-27-15-18)7-10-22(21)33-23(20)13-19/h5-13,15-16,24,28H,14H2,1-4H3,(H,29,30). The van der Waals surface area contributed by atoms with Crippen molar-refractivity contribution < 1.29 is 18.3 Å². The Balaban J connectivity index is 1.68. The molecule has 0 saturated heterocycles. The van der Waals surface area contributed by atoms with Crippen LogP contribution in [0.2, 0.25) is 0 Å². The summed E-state index contributed by atoms with van der Waals surface area (Å²) < 4.78 is 30.6. The molecule has 2 aromatic heterocycles. The topological polar surface area (TPSA) is 96.4 Å². The summed E-state index contributed by atoms with van der Waals surface area (Å²) >= 11 is 1.51. The molecule has 0 aliphatic rings. The van der Waals surface area contributed by atoms with Crippen molar-refractivity contribution in [3.05, 3.63) is 60.9 Å². The largest absolute Gasteiger partial charge is 0.480 e. The van der Waals surface area contributed by atoms with Crippen LogP contribution in [0.1, 0.15) is 34.1 Å². The lowest BCUT2D eigenvalue weighted by Crippen LogP contribution is -2.45. The van der Waals surface area contributed by atoms with Gasteiger partial charge in [0.15, 0.2) is 0 Å². The summed E-state index contributed by atoms with van der Waals surface area (Å²) in [4.78, 5) is 16.1. The molecule has 2 unspecified atom stereocenters. The first-order chi connectivity index (χ1) is 15.9. The number of carboxylic acids is 1. The highest BCUT2D eigenvalue weighted by molar-refractivity contribution is 7.89. The second-order valence-corrected chi connectivity index (χ2v) is 12.7. The van der Waals surface area contributed by atoms with Gasteiger partial charge < -0.3 is 5.11 Å². The molecular weight excluding hydrogens is 468 g/mol. The molecule has 6 nitrogen and oxygen atoms in total. The molecule has 0 aliphatic heterocycles. The third-order valence-electron chi connectivity index (χ3n) is 5.80. The number of carboxylic acid groups (broad SMARTS) is 1. The zero-order valence-corrected chi connectivity index (χ0v) is 21.2. The van der Waals surface area contributed by atoms with Crippen molar-refractivity contribution in [1.29, 1.82) is 0 Å². The van der Waals surface area contributed by atoms with Crippen LogP contribution in [0.4, 0.5) is 0 Å². The first kappa shape index (κ1) is 24.3. The SMILES string of the molecule is CC(CC(C)(C)C)C(NS(=O)(=O)c1ccc2c(c1)sc1ccc(-c3cccnc3)cc12)C(=O)O. The molecule has 178 valence electrons. The lowest BCUT2D eigenvalue weighted by atomic mass is 9.82. The van der Waals surface area contributed by atoms with Gasteiger partial charge in [-0.1, -0.05) is 45.9 Å². The maximum absolute atomic E-state index is 13.1. The summed E-state index contributed by atoms with van der Waals surface area (Å²) in [5.41, 5.74) is 1.93. The highest BCUT2D eigenvalue weighted by atomic mass is 32.2. The normalized spacial score (nSPS) is 14.4. The minimum Gasteiger partial charge on any atom is -0.480 e. The Morgan fingerprint density at radius 1 is 1.06 bits per heavy atom. The van der Waals surface area contributed by atoms with Gasteiger partial charge >= 0.3 is 5.97 Å². The van der Waals surface area contributed by atoms with E-state index in [0.717, 1.165) is 31.3 Å². The number of rotatable bonds is 7. The molecule has 0 saturated carbocycles. The predicted octanol–water partition coefficient (Wildman–Crippen LogP) is 5.92. The Bertz CT molecular complexity index is 1450. The molecule has 0 bridgehead atoms. The van der Waals surface area contributed by atoms with Gasteiger partial charge in [0.1, 0.15) is 6.04 Å². The monoisotopic (exact) mass is 496 g/mol. The van der Waals surface area contributed by atoms with Gasteiger partial charge in [-0.25, -0.2) is 8.42 Å². The second kappa shape index (κ2) is 9.09. The summed E-state index contributed by atoms with van der Waals surface area (Å²) in [5.74, 6) is -1.54. The molecule has 2 heterocycles. The molecule has 0 spiro atoms. The highest BCUT2D eigenvalue weighted by Gasteiger charge is 2.32. The van der Waals surface area contributed by atoms with Gasteiger partial charge in [-0.05, 0) is 53.6 Å². The van der Waals surface area contributed by atoms with Crippen LogP contribution in [-0.4, -0.2) is 30.5 Å². The van der Waals surface area contributed by atoms with Crippen molar-refractivity contribution >= 4 is 47.5 Å². The van der Waals surface area contributed by atoms with Gasteiger partial charge in [0.2, 0.25) is 10.0 Å². The second-order valence-electron chi connectivity index (χ2n) is 9.89. The van der Waals surface area contributed by atoms with Gasteiger partial charge in [0.25, 0.3) is 0 Å². The molecule has 8 heteroatoms. The summed E-state index contributed by atoms with van der Waals surface area (Å²) in [7, 11) is -4.02. The number of nitrogens with one attached hydrogen (secondary N) is 1. The van der Waals surface area contributed by atoms with Crippen molar-refractivity contribution in [3.63, 3.8) is 0 Å². The number of pyridine rings is 1. The molecule has 0 amide bonds. The lowest BCUT2D eigenvalue weighted by Gasteiger charge is -2.27. The van der Waals surface area contributed by atoms with E-state index in [1.54, 1.807) is 31.3 Å². The average Bonchev–Trinajstić information content (AvgIpc) is 3.14. The van der Waals surface area contributed by atoms with Gasteiger partial charge in [-0.2, -0.15) is 4.72 Å². The number of benzene rings is 2. The Labute approximate surface area is 203 Å². The maximum atomic E-state index is 13.1. The quantitative estimate of drug-likeness (QED) is 0.331. The third kappa shape index (κ3) is 5.14. The molecular formula is C26H28N2O4S2. The van der Waals surface area contributed by atoms with Crippen LogP contribution in [-0.2, 0) is 14.8 Å². The summed E-state index contributed by atoms with van der Waals surface area (Å²) in [5, 5.41) is 11.7. The number of aliphatic carboxylic acids is 1. The van der Waals surface area contributed by atoms with Crippen LogP contribution in [0.3, 0.4) is 0 Å². The van der Waals surface area contributed by atoms with Crippen LogP contribution >= 0.6 is 11.3 Å². The van der Waals surface area contributed by atoms with Crippen molar-refractivity contribution in [2.24, 2.45) is 11.3 Å². The van der Waals surface area contributed by atoms with Crippen molar-refractivity contribution in [1.82, 2.24) is 9.71 Å². The van der Waals surface area contributed by atoms with E-state index in [1.165, 1.54) is 11.3 Å². The van der Waals surface area contributed by atoms with E-state index in [0.29, 0.717) is 6.42 Å². The minimum absolute atomic E-state index is 0.0632. The number of hydrogen-bond donors (Lipinski definition) is 2. The molecule has 4 aromatic rings. The number of thiophene rings is 1. The Kier molecular flexibility index (Phi) is 6.50. The van der Waals surface area contributed by atoms with Gasteiger partial charge in [0, 0.05) is 38.1 Å². The number of hydrogen-bond acceptors (Lipinski definition) is 5. The molecule has 4 rings (SSSR count). The number of fused-ring (bicyclic) bond motifs is 3. The van der Waals surface area contributed by atoms with Crippen LogP contribution in [0.15, 0.2) is 65.8 Å². The van der Waals surface area contributed by atoms with E-state index in [9.17, 15) is 18.3 Å². The zero-order chi connectivity index (χ0) is 24.7. The number of sulfonamides is 1. The van der Waals surface area contributed by atoms with E-state index in [2.05, 4.69) is 15.8 Å². The fourth-order valence-electron chi connectivity index (χ4n) is 4.37. The summed E-state index contributed by atoms with van der Waals surface area (Å²) in [6.45, 7) is 7.78. The first-order valence-electron chi connectivity index (χ1n) is 11.1. The molecule has 2 aromatic carbocycles. The van der Waals surface area contributed by atoms with E-state index >= 15 is 0 Å². The predicted molar refractivity (Wildman–Crippen MR) is 138 cm³/mol. The smallest absolute Gasteiger partial charge is 0.322 e.